The lowest BCUT2D eigenvalue weighted by molar-refractivity contribution is -0.324. The predicted octanol–water partition coefficient (Wildman–Crippen LogP) is 2.16. The van der Waals surface area contributed by atoms with Crippen LogP contribution < -0.4 is 0 Å². The summed E-state index contributed by atoms with van der Waals surface area (Å²) in [4.78, 5) is 25.3. The van der Waals surface area contributed by atoms with E-state index in [1.165, 1.54) is 13.8 Å². The van der Waals surface area contributed by atoms with Gasteiger partial charge in [-0.05, 0) is 87.4 Å². The van der Waals surface area contributed by atoms with Crippen LogP contribution in [0.3, 0.4) is 0 Å². The summed E-state index contributed by atoms with van der Waals surface area (Å²) in [5, 5.41) is 76.6. The zero-order valence-corrected chi connectivity index (χ0v) is 31.3. The quantitative estimate of drug-likeness (QED) is 0.136. The first-order valence-electron chi connectivity index (χ1n) is 18.4. The van der Waals surface area contributed by atoms with E-state index >= 15 is 0 Å². The van der Waals surface area contributed by atoms with Gasteiger partial charge in [0.1, 0.15) is 35.6 Å². The van der Waals surface area contributed by atoms with Crippen molar-refractivity contribution in [2.45, 2.75) is 167 Å². The van der Waals surface area contributed by atoms with E-state index < -0.39 is 95.0 Å². The van der Waals surface area contributed by atoms with Crippen LogP contribution in [0.1, 0.15) is 107 Å². The SMILES string of the molecule is CC(=O)OC(C)(C)CCC(=O)C(C)(O)C1C(O)CC2(C)C3CC=C4C(CC(OC5OC(CO)C(O)C(O)C5O)C(O)C4(C)C)C3(C)CCC12C. The monoisotopic (exact) mass is 710 g/mol. The Hall–Kier alpha value is -1.48. The van der Waals surface area contributed by atoms with Crippen molar-refractivity contribution < 1.29 is 59.5 Å². The van der Waals surface area contributed by atoms with Crippen LogP contribution in [0.2, 0.25) is 0 Å². The first kappa shape index (κ1) is 39.7. The van der Waals surface area contributed by atoms with E-state index in [9.17, 15) is 45.3 Å². The van der Waals surface area contributed by atoms with Gasteiger partial charge in [-0.25, -0.2) is 0 Å². The van der Waals surface area contributed by atoms with E-state index in [0.29, 0.717) is 25.7 Å². The molecule has 12 heteroatoms. The normalized spacial score (nSPS) is 46.9. The highest BCUT2D eigenvalue weighted by Gasteiger charge is 2.72. The smallest absolute Gasteiger partial charge is 0.303 e. The maximum Gasteiger partial charge on any atom is 0.303 e. The van der Waals surface area contributed by atoms with Gasteiger partial charge < -0.3 is 50.0 Å². The lowest BCUT2D eigenvalue weighted by atomic mass is 9.38. The van der Waals surface area contributed by atoms with E-state index in [4.69, 9.17) is 14.2 Å². The molecule has 286 valence electrons. The summed E-state index contributed by atoms with van der Waals surface area (Å²) >= 11 is 0. The van der Waals surface area contributed by atoms with Crippen molar-refractivity contribution in [1.82, 2.24) is 0 Å². The number of ketones is 1. The first-order chi connectivity index (χ1) is 22.9. The number of fused-ring (bicyclic) bond motifs is 5. The van der Waals surface area contributed by atoms with Gasteiger partial charge in [0, 0.05) is 24.7 Å². The van der Waals surface area contributed by atoms with Gasteiger partial charge in [-0.1, -0.05) is 46.3 Å². The molecule has 50 heavy (non-hydrogen) atoms. The number of aliphatic hydroxyl groups excluding tert-OH is 6. The average molecular weight is 711 g/mol. The minimum atomic E-state index is -1.82. The molecule has 0 aromatic carbocycles. The Kier molecular flexibility index (Phi) is 10.4. The maximum absolute atomic E-state index is 13.8. The Labute approximate surface area is 296 Å². The van der Waals surface area contributed by atoms with Crippen molar-refractivity contribution in [1.29, 1.82) is 0 Å². The zero-order valence-electron chi connectivity index (χ0n) is 31.3. The molecule has 4 aliphatic carbocycles. The Bertz CT molecular complexity index is 1340. The fourth-order valence-corrected chi connectivity index (χ4v) is 11.5. The molecule has 15 unspecified atom stereocenters. The molecule has 3 saturated carbocycles. The third-order valence-electron chi connectivity index (χ3n) is 14.5. The highest BCUT2D eigenvalue weighted by molar-refractivity contribution is 5.87. The predicted molar refractivity (Wildman–Crippen MR) is 181 cm³/mol. The standard InChI is InChI=1S/C38H62O12/c1-19(40)50-33(2,3)13-12-26(42)38(9,47)30-22(41)17-37(8)25-11-10-20-21(35(25,6)14-15-36(30,37)7)16-23(31(46)34(20,4)5)48-32-29(45)28(44)27(43)24(18-39)49-32/h10,21-25,27-32,39,41,43-47H,11-18H2,1-9H3. The van der Waals surface area contributed by atoms with E-state index in [1.54, 1.807) is 13.8 Å². The highest BCUT2D eigenvalue weighted by Crippen LogP contribution is 2.75. The van der Waals surface area contributed by atoms with Crippen LogP contribution in [0.5, 0.6) is 0 Å². The number of aliphatic hydroxyl groups is 7. The van der Waals surface area contributed by atoms with Gasteiger partial charge >= 0.3 is 5.97 Å². The molecule has 0 aromatic rings. The average Bonchev–Trinajstić information content (AvgIpc) is 3.23. The van der Waals surface area contributed by atoms with Crippen molar-refractivity contribution in [3.05, 3.63) is 11.6 Å². The Balaban J connectivity index is 1.42. The fourth-order valence-electron chi connectivity index (χ4n) is 11.5. The molecular weight excluding hydrogens is 648 g/mol. The van der Waals surface area contributed by atoms with Crippen LogP contribution in [-0.4, -0.2) is 114 Å². The number of hydrogen-bond donors (Lipinski definition) is 7. The summed E-state index contributed by atoms with van der Waals surface area (Å²) in [6.45, 7) is 16.2. The molecule has 0 bridgehead atoms. The molecule has 7 N–H and O–H groups in total. The molecular formula is C38H62O12. The van der Waals surface area contributed by atoms with Crippen molar-refractivity contribution >= 4 is 11.8 Å². The van der Waals surface area contributed by atoms with Crippen molar-refractivity contribution in [3.8, 4) is 0 Å². The molecule has 5 rings (SSSR count). The second-order valence-electron chi connectivity index (χ2n) is 18.3. The van der Waals surface area contributed by atoms with Crippen LogP contribution in [0.15, 0.2) is 11.6 Å². The van der Waals surface area contributed by atoms with Crippen LogP contribution in [0.25, 0.3) is 0 Å². The Morgan fingerprint density at radius 2 is 1.60 bits per heavy atom. The van der Waals surface area contributed by atoms with E-state index in [-0.39, 0.29) is 35.9 Å². The van der Waals surface area contributed by atoms with Gasteiger partial charge in [0.25, 0.3) is 0 Å². The number of rotatable bonds is 9. The van der Waals surface area contributed by atoms with Crippen molar-refractivity contribution in [3.63, 3.8) is 0 Å². The number of carbonyl (C=O) groups is 2. The van der Waals surface area contributed by atoms with E-state index in [2.05, 4.69) is 26.8 Å². The second kappa shape index (κ2) is 13.1. The minimum Gasteiger partial charge on any atom is -0.460 e. The molecule has 1 heterocycles. The fraction of sp³-hybridized carbons (Fsp3) is 0.895. The van der Waals surface area contributed by atoms with Crippen molar-refractivity contribution in [2.75, 3.05) is 6.61 Å². The summed E-state index contributed by atoms with van der Waals surface area (Å²) < 4.78 is 17.3. The van der Waals surface area contributed by atoms with E-state index in [1.807, 2.05) is 13.8 Å². The summed E-state index contributed by atoms with van der Waals surface area (Å²) in [6, 6.07) is 0. The number of carbonyl (C=O) groups excluding carboxylic acids is 2. The number of hydrogen-bond acceptors (Lipinski definition) is 12. The number of allylic oxidation sites excluding steroid dienone is 1. The van der Waals surface area contributed by atoms with Crippen LogP contribution in [0, 0.1) is 39.4 Å². The van der Waals surface area contributed by atoms with Gasteiger partial charge in [0.05, 0.1) is 24.9 Å². The third-order valence-corrected chi connectivity index (χ3v) is 14.5. The largest absolute Gasteiger partial charge is 0.460 e. The molecule has 0 aromatic heterocycles. The molecule has 0 radical (unpaired) electrons. The molecule has 1 saturated heterocycles. The topological polar surface area (TPSA) is 203 Å². The van der Waals surface area contributed by atoms with Crippen molar-refractivity contribution in [2.24, 2.45) is 39.4 Å². The minimum absolute atomic E-state index is 0.00808. The molecule has 12 nitrogen and oxygen atoms in total. The molecule has 1 aliphatic heterocycles. The van der Waals surface area contributed by atoms with Gasteiger partial charge in [0.2, 0.25) is 0 Å². The van der Waals surface area contributed by atoms with Gasteiger partial charge in [-0.2, -0.15) is 0 Å². The second-order valence-corrected chi connectivity index (χ2v) is 18.3. The maximum atomic E-state index is 13.8. The third kappa shape index (κ3) is 6.12. The summed E-state index contributed by atoms with van der Waals surface area (Å²) in [5.41, 5.74) is -3.67. The number of Topliss-reactive ketones (excluding diaryl/α,β-unsaturated/α-hetero) is 1. The number of esters is 1. The van der Waals surface area contributed by atoms with Gasteiger partial charge in [0.15, 0.2) is 12.1 Å². The molecule has 4 fully saturated rings. The lowest BCUT2D eigenvalue weighted by Crippen LogP contribution is -2.64. The summed E-state index contributed by atoms with van der Waals surface area (Å²) in [6.07, 6.45) is -4.61. The number of ether oxygens (including phenoxy) is 3. The van der Waals surface area contributed by atoms with Gasteiger partial charge in [-0.15, -0.1) is 0 Å². The first-order valence-corrected chi connectivity index (χ1v) is 18.4. The van der Waals surface area contributed by atoms with Gasteiger partial charge in [-0.3, -0.25) is 9.59 Å². The Morgan fingerprint density at radius 1 is 0.960 bits per heavy atom. The summed E-state index contributed by atoms with van der Waals surface area (Å²) in [5.74, 6) is -1.55. The zero-order chi connectivity index (χ0) is 37.6. The van der Waals surface area contributed by atoms with E-state index in [0.717, 1.165) is 12.0 Å². The Morgan fingerprint density at radius 3 is 2.20 bits per heavy atom. The molecule has 15 atom stereocenters. The molecule has 0 amide bonds. The van der Waals surface area contributed by atoms with Crippen LogP contribution in [0.4, 0.5) is 0 Å². The van der Waals surface area contributed by atoms with Crippen LogP contribution >= 0.6 is 0 Å². The highest BCUT2D eigenvalue weighted by atomic mass is 16.7. The van der Waals surface area contributed by atoms with Crippen LogP contribution in [-0.2, 0) is 23.8 Å². The molecule has 5 aliphatic rings. The summed E-state index contributed by atoms with van der Waals surface area (Å²) in [7, 11) is 0. The lowest BCUT2D eigenvalue weighted by Gasteiger charge is -2.66. The molecule has 0 spiro atoms.